The normalized spacial score (nSPS) is 16.4. The van der Waals surface area contributed by atoms with E-state index in [1.54, 1.807) is 29.0 Å². The molecule has 1 atom stereocenters. The Morgan fingerprint density at radius 2 is 1.91 bits per heavy atom. The van der Waals surface area contributed by atoms with Crippen LogP contribution < -0.4 is 10.9 Å². The summed E-state index contributed by atoms with van der Waals surface area (Å²) in [6.07, 6.45) is 1.25. The second kappa shape index (κ2) is 10.4. The molecule has 3 heterocycles. The maximum atomic E-state index is 12.8. The molecule has 2 N–H and O–H groups in total. The van der Waals surface area contributed by atoms with Crippen LogP contribution in [0.15, 0.2) is 71.7 Å². The molecule has 5 rings (SSSR count). The minimum Gasteiger partial charge on any atom is -0.366 e. The zero-order valence-electron chi connectivity index (χ0n) is 19.1. The fourth-order valence-electron chi connectivity index (χ4n) is 4.26. The van der Waals surface area contributed by atoms with Gasteiger partial charge in [0.2, 0.25) is 0 Å². The monoisotopic (exact) mass is 491 g/mol. The van der Waals surface area contributed by atoms with E-state index in [0.29, 0.717) is 31.3 Å². The zero-order chi connectivity index (χ0) is 24.2. The van der Waals surface area contributed by atoms with Crippen LogP contribution in [0.5, 0.6) is 0 Å². The summed E-state index contributed by atoms with van der Waals surface area (Å²) in [6, 6.07) is 18.9. The van der Waals surface area contributed by atoms with Gasteiger partial charge in [0.25, 0.3) is 11.5 Å². The molecule has 180 valence electrons. The lowest BCUT2D eigenvalue weighted by Gasteiger charge is -2.32. The van der Waals surface area contributed by atoms with E-state index >= 15 is 0 Å². The molecule has 0 bridgehead atoms. The minimum absolute atomic E-state index is 0.0153. The fourth-order valence-corrected chi connectivity index (χ4v) is 4.43. The highest BCUT2D eigenvalue weighted by atomic mass is 35.5. The lowest BCUT2D eigenvalue weighted by Crippen LogP contribution is -2.49. The molecule has 1 saturated heterocycles. The Hall–Kier alpha value is -3.46. The minimum atomic E-state index is -0.540. The number of aromatic nitrogens is 3. The molecule has 2 aromatic carbocycles. The van der Waals surface area contributed by atoms with Gasteiger partial charge in [-0.05, 0) is 35.4 Å². The molecule has 9 heteroatoms. The second-order valence-corrected chi connectivity index (χ2v) is 9.09. The average molecular weight is 492 g/mol. The number of pyridine rings is 1. The summed E-state index contributed by atoms with van der Waals surface area (Å²) in [5.74, 6) is -0.156. The molecule has 1 unspecified atom stereocenters. The summed E-state index contributed by atoms with van der Waals surface area (Å²) in [6.45, 7) is 3.32. The molecular weight excluding hydrogens is 466 g/mol. The predicted octanol–water partition coefficient (Wildman–Crippen LogP) is 2.94. The third kappa shape index (κ3) is 5.62. The van der Waals surface area contributed by atoms with Gasteiger partial charge < -0.3 is 14.6 Å². The third-order valence-electron chi connectivity index (χ3n) is 6.16. The number of hydrogen-bond acceptors (Lipinski definition) is 5. The van der Waals surface area contributed by atoms with E-state index in [2.05, 4.69) is 32.5 Å². The molecule has 1 amide bonds. The number of nitrogens with one attached hydrogen (secondary N) is 2. The van der Waals surface area contributed by atoms with Crippen molar-refractivity contribution in [2.75, 3.05) is 19.7 Å². The Labute approximate surface area is 207 Å². The number of amides is 1. The first-order chi connectivity index (χ1) is 17.0. The summed E-state index contributed by atoms with van der Waals surface area (Å²) in [5, 5.41) is 11.7. The molecule has 1 fully saturated rings. The molecule has 0 spiro atoms. The Morgan fingerprint density at radius 3 is 2.71 bits per heavy atom. The van der Waals surface area contributed by atoms with Gasteiger partial charge in [-0.2, -0.15) is 5.10 Å². The van der Waals surface area contributed by atoms with Crippen LogP contribution in [0.1, 0.15) is 16.8 Å². The molecule has 1 aliphatic heterocycles. The van der Waals surface area contributed by atoms with Crippen LogP contribution in [0.25, 0.3) is 10.9 Å². The van der Waals surface area contributed by atoms with Gasteiger partial charge in [0.15, 0.2) is 0 Å². The molecule has 0 saturated carbocycles. The molecular formula is C26H26ClN5O3. The van der Waals surface area contributed by atoms with Gasteiger partial charge in [-0.3, -0.25) is 19.6 Å². The van der Waals surface area contributed by atoms with Gasteiger partial charge in [-0.1, -0.05) is 41.9 Å². The van der Waals surface area contributed by atoms with Crippen LogP contribution in [0.2, 0.25) is 5.02 Å². The maximum Gasteiger partial charge on any atom is 0.250 e. The summed E-state index contributed by atoms with van der Waals surface area (Å²) < 4.78 is 7.43. The van der Waals surface area contributed by atoms with E-state index in [4.69, 9.17) is 16.3 Å². The first kappa shape index (κ1) is 23.3. The number of aromatic amines is 1. The van der Waals surface area contributed by atoms with Gasteiger partial charge in [-0.15, -0.1) is 0 Å². The van der Waals surface area contributed by atoms with Gasteiger partial charge >= 0.3 is 0 Å². The molecule has 2 aromatic heterocycles. The smallest absolute Gasteiger partial charge is 0.250 e. The summed E-state index contributed by atoms with van der Waals surface area (Å²) in [4.78, 5) is 26.9. The van der Waals surface area contributed by atoms with E-state index in [9.17, 15) is 9.59 Å². The summed E-state index contributed by atoms with van der Waals surface area (Å²) in [7, 11) is 0. The van der Waals surface area contributed by atoms with Gasteiger partial charge in [0, 0.05) is 42.3 Å². The van der Waals surface area contributed by atoms with E-state index in [0.717, 1.165) is 40.8 Å². The van der Waals surface area contributed by atoms with E-state index in [1.165, 1.54) is 0 Å². The van der Waals surface area contributed by atoms with Crippen molar-refractivity contribution in [1.82, 2.24) is 25.0 Å². The average Bonchev–Trinajstić information content (AvgIpc) is 3.27. The largest absolute Gasteiger partial charge is 0.366 e. The number of fused-ring (bicyclic) bond motifs is 1. The lowest BCUT2D eigenvalue weighted by molar-refractivity contribution is -0.139. The highest BCUT2D eigenvalue weighted by Crippen LogP contribution is 2.20. The molecule has 35 heavy (non-hydrogen) atoms. The van der Waals surface area contributed by atoms with Crippen molar-refractivity contribution < 1.29 is 9.53 Å². The number of morpholine rings is 1. The maximum absolute atomic E-state index is 12.8. The highest BCUT2D eigenvalue weighted by molar-refractivity contribution is 6.31. The number of halogens is 1. The van der Waals surface area contributed by atoms with Crippen LogP contribution in [-0.2, 0) is 29.2 Å². The van der Waals surface area contributed by atoms with E-state index < -0.39 is 6.10 Å². The number of carbonyl (C=O) groups excluding carboxylic acids is 1. The standard InChI is InChI=1S/C26H26ClN5O3/c27-20-8-9-22-21(13-20)23(30-29-22)14-28-26(34)24-17-31(11-12-35-24)15-18-4-6-19(7-5-18)16-32-10-2-1-3-25(32)33/h1-10,13,24H,11-12,14-17H2,(H,28,34)(H,29,30). The quantitative estimate of drug-likeness (QED) is 0.414. The lowest BCUT2D eigenvalue weighted by atomic mass is 10.1. The van der Waals surface area contributed by atoms with Crippen molar-refractivity contribution in [1.29, 1.82) is 0 Å². The summed E-state index contributed by atoms with van der Waals surface area (Å²) in [5.41, 5.74) is 3.81. The topological polar surface area (TPSA) is 92.3 Å². The summed E-state index contributed by atoms with van der Waals surface area (Å²) >= 11 is 6.10. The molecule has 0 aliphatic carbocycles. The first-order valence-corrected chi connectivity index (χ1v) is 11.9. The highest BCUT2D eigenvalue weighted by Gasteiger charge is 2.26. The Morgan fingerprint density at radius 1 is 1.11 bits per heavy atom. The van der Waals surface area contributed by atoms with Crippen molar-refractivity contribution in [3.05, 3.63) is 99.1 Å². The van der Waals surface area contributed by atoms with Gasteiger partial charge in [0.05, 0.1) is 30.9 Å². The number of rotatable bonds is 7. The number of hydrogen-bond donors (Lipinski definition) is 2. The van der Waals surface area contributed by atoms with E-state index in [-0.39, 0.29) is 11.5 Å². The number of carbonyl (C=O) groups is 1. The van der Waals surface area contributed by atoms with Crippen LogP contribution >= 0.6 is 11.6 Å². The zero-order valence-corrected chi connectivity index (χ0v) is 19.9. The van der Waals surface area contributed by atoms with E-state index in [1.807, 2.05) is 30.3 Å². The SMILES string of the molecule is O=C(NCc1n[nH]c2ccc(Cl)cc12)C1CN(Cc2ccc(Cn3ccccc3=O)cc2)CCO1. The molecule has 4 aromatic rings. The third-order valence-corrected chi connectivity index (χ3v) is 6.39. The van der Waals surface area contributed by atoms with Crippen molar-refractivity contribution >= 4 is 28.4 Å². The first-order valence-electron chi connectivity index (χ1n) is 11.5. The molecule has 1 aliphatic rings. The van der Waals surface area contributed by atoms with Crippen molar-refractivity contribution in [2.45, 2.75) is 25.7 Å². The van der Waals surface area contributed by atoms with Crippen LogP contribution in [0.4, 0.5) is 0 Å². The predicted molar refractivity (Wildman–Crippen MR) is 134 cm³/mol. The molecule has 0 radical (unpaired) electrons. The molecule has 8 nitrogen and oxygen atoms in total. The van der Waals surface area contributed by atoms with Crippen LogP contribution in [0, 0.1) is 0 Å². The fraction of sp³-hybridized carbons (Fsp3) is 0.269. The number of nitrogens with zero attached hydrogens (tertiary/aromatic N) is 3. The Balaban J connectivity index is 1.15. The second-order valence-electron chi connectivity index (χ2n) is 8.66. The van der Waals surface area contributed by atoms with Crippen LogP contribution in [0.3, 0.4) is 0 Å². The van der Waals surface area contributed by atoms with Gasteiger partial charge in [-0.25, -0.2) is 0 Å². The van der Waals surface area contributed by atoms with Crippen molar-refractivity contribution in [3.8, 4) is 0 Å². The van der Waals surface area contributed by atoms with Crippen molar-refractivity contribution in [3.63, 3.8) is 0 Å². The number of H-pyrrole nitrogens is 1. The van der Waals surface area contributed by atoms with Gasteiger partial charge in [0.1, 0.15) is 6.10 Å². The Kier molecular flexibility index (Phi) is 6.94. The van der Waals surface area contributed by atoms with Crippen molar-refractivity contribution in [2.24, 2.45) is 0 Å². The number of benzene rings is 2. The number of ether oxygens (including phenoxy) is 1. The van der Waals surface area contributed by atoms with Crippen LogP contribution in [-0.4, -0.2) is 51.4 Å². The Bertz CT molecular complexity index is 1380.